The average molecular weight is 354 g/mol. The van der Waals surface area contributed by atoms with Gasteiger partial charge in [0.25, 0.3) is 0 Å². The number of carbonyl (C=O) groups is 2. The molecule has 1 aliphatic rings. The number of hydrogen-bond donors (Lipinski definition) is 1. The van der Waals surface area contributed by atoms with Crippen molar-refractivity contribution in [2.45, 2.75) is 20.4 Å². The molecule has 2 aromatic rings. The van der Waals surface area contributed by atoms with Crippen LogP contribution in [-0.2, 0) is 16.1 Å². The molecule has 2 aromatic carbocycles. The van der Waals surface area contributed by atoms with E-state index in [1.807, 2.05) is 31.2 Å². The molecule has 3 rings (SSSR count). The number of nitrogens with one attached hydrogen (secondary N) is 1. The zero-order valence-electron chi connectivity index (χ0n) is 15.0. The van der Waals surface area contributed by atoms with Crippen molar-refractivity contribution in [3.8, 4) is 11.5 Å². The van der Waals surface area contributed by atoms with Crippen molar-refractivity contribution < 1.29 is 19.1 Å². The molecular formula is C20H22N2O4. The number of aryl methyl sites for hydroxylation is 1. The van der Waals surface area contributed by atoms with Gasteiger partial charge in [0.05, 0.1) is 0 Å². The van der Waals surface area contributed by atoms with Crippen LogP contribution in [0.4, 0.5) is 5.69 Å². The normalized spacial score (nSPS) is 12.4. The van der Waals surface area contributed by atoms with Crippen molar-refractivity contribution in [1.82, 2.24) is 5.32 Å². The molecule has 6 nitrogen and oxygen atoms in total. The molecule has 2 amide bonds. The summed E-state index contributed by atoms with van der Waals surface area (Å²) in [5.74, 6) is 0.787. The summed E-state index contributed by atoms with van der Waals surface area (Å²) in [6, 6.07) is 13.2. The van der Waals surface area contributed by atoms with Gasteiger partial charge in [0, 0.05) is 25.2 Å². The van der Waals surface area contributed by atoms with E-state index in [2.05, 4.69) is 5.32 Å². The Balaban J connectivity index is 1.65. The van der Waals surface area contributed by atoms with Crippen molar-refractivity contribution in [3.05, 3.63) is 53.6 Å². The number of carbonyl (C=O) groups excluding carboxylic acids is 2. The van der Waals surface area contributed by atoms with Gasteiger partial charge in [-0.15, -0.1) is 0 Å². The van der Waals surface area contributed by atoms with Crippen molar-refractivity contribution in [1.29, 1.82) is 0 Å². The Morgan fingerprint density at radius 3 is 2.42 bits per heavy atom. The number of ether oxygens (including phenoxy) is 2. The maximum absolute atomic E-state index is 12.3. The first-order valence-corrected chi connectivity index (χ1v) is 8.53. The second kappa shape index (κ2) is 7.91. The predicted molar refractivity (Wildman–Crippen MR) is 98.5 cm³/mol. The Bertz CT molecular complexity index is 802. The molecular weight excluding hydrogens is 332 g/mol. The fraction of sp³-hybridized carbons (Fsp3) is 0.300. The zero-order chi connectivity index (χ0) is 18.5. The number of anilines is 1. The lowest BCUT2D eigenvalue weighted by molar-refractivity contribution is -0.123. The molecule has 136 valence electrons. The van der Waals surface area contributed by atoms with Crippen LogP contribution in [0.1, 0.15) is 18.1 Å². The molecule has 0 radical (unpaired) electrons. The predicted octanol–water partition coefficient (Wildman–Crippen LogP) is 2.44. The summed E-state index contributed by atoms with van der Waals surface area (Å²) in [7, 11) is 0. The van der Waals surface area contributed by atoms with Crippen LogP contribution < -0.4 is 19.7 Å². The SMILES string of the molecule is CC(=O)N(CC(=O)NCc1ccc(C)cc1)c1ccc2c(c1)OCCO2. The van der Waals surface area contributed by atoms with E-state index in [-0.39, 0.29) is 18.4 Å². The van der Waals surface area contributed by atoms with E-state index in [4.69, 9.17) is 9.47 Å². The fourth-order valence-electron chi connectivity index (χ4n) is 2.69. The molecule has 0 fully saturated rings. The molecule has 0 saturated carbocycles. The van der Waals surface area contributed by atoms with Crippen LogP contribution in [0.25, 0.3) is 0 Å². The second-order valence-corrected chi connectivity index (χ2v) is 6.20. The van der Waals surface area contributed by atoms with E-state index >= 15 is 0 Å². The topological polar surface area (TPSA) is 67.9 Å². The van der Waals surface area contributed by atoms with Crippen LogP contribution >= 0.6 is 0 Å². The lowest BCUT2D eigenvalue weighted by Gasteiger charge is -2.24. The minimum absolute atomic E-state index is 0.0547. The van der Waals surface area contributed by atoms with Crippen molar-refractivity contribution in [2.75, 3.05) is 24.7 Å². The standard InChI is InChI=1S/C20H22N2O4/c1-14-3-5-16(6-4-14)12-21-20(24)13-22(15(2)23)17-7-8-18-19(11-17)26-10-9-25-18/h3-8,11H,9-10,12-13H2,1-2H3,(H,21,24). The van der Waals surface area contributed by atoms with Crippen molar-refractivity contribution >= 4 is 17.5 Å². The summed E-state index contributed by atoms with van der Waals surface area (Å²) >= 11 is 0. The number of amides is 2. The van der Waals surface area contributed by atoms with Crippen LogP contribution in [-0.4, -0.2) is 31.6 Å². The van der Waals surface area contributed by atoms with Crippen LogP contribution in [0, 0.1) is 6.92 Å². The van der Waals surface area contributed by atoms with Gasteiger partial charge in [-0.2, -0.15) is 0 Å². The smallest absolute Gasteiger partial charge is 0.240 e. The molecule has 1 N–H and O–H groups in total. The second-order valence-electron chi connectivity index (χ2n) is 6.20. The largest absolute Gasteiger partial charge is 0.486 e. The third-order valence-electron chi connectivity index (χ3n) is 4.13. The van der Waals surface area contributed by atoms with Gasteiger partial charge >= 0.3 is 0 Å². The van der Waals surface area contributed by atoms with Crippen molar-refractivity contribution in [2.24, 2.45) is 0 Å². The lowest BCUT2D eigenvalue weighted by atomic mass is 10.1. The van der Waals surface area contributed by atoms with E-state index < -0.39 is 0 Å². The molecule has 1 aliphatic heterocycles. The molecule has 0 atom stereocenters. The fourth-order valence-corrected chi connectivity index (χ4v) is 2.69. The molecule has 1 heterocycles. The Morgan fingerprint density at radius 1 is 1.04 bits per heavy atom. The Kier molecular flexibility index (Phi) is 5.41. The zero-order valence-corrected chi connectivity index (χ0v) is 15.0. The maximum Gasteiger partial charge on any atom is 0.240 e. The summed E-state index contributed by atoms with van der Waals surface area (Å²) in [6.45, 7) is 4.79. The molecule has 6 heteroatoms. The third-order valence-corrected chi connectivity index (χ3v) is 4.13. The molecule has 0 spiro atoms. The summed E-state index contributed by atoms with van der Waals surface area (Å²) in [4.78, 5) is 25.8. The maximum atomic E-state index is 12.3. The monoisotopic (exact) mass is 354 g/mol. The summed E-state index contributed by atoms with van der Waals surface area (Å²) in [6.07, 6.45) is 0. The van der Waals surface area contributed by atoms with E-state index in [9.17, 15) is 9.59 Å². The first-order chi connectivity index (χ1) is 12.5. The van der Waals surface area contributed by atoms with Gasteiger partial charge in [-0.05, 0) is 24.6 Å². The van der Waals surface area contributed by atoms with Crippen molar-refractivity contribution in [3.63, 3.8) is 0 Å². The Labute approximate surface area is 152 Å². The van der Waals surface area contributed by atoms with Crippen LogP contribution in [0.5, 0.6) is 11.5 Å². The lowest BCUT2D eigenvalue weighted by Crippen LogP contribution is -2.39. The van der Waals surface area contributed by atoms with Gasteiger partial charge in [0.15, 0.2) is 11.5 Å². The first kappa shape index (κ1) is 17.8. The Hall–Kier alpha value is -3.02. The van der Waals surface area contributed by atoms with E-state index in [1.165, 1.54) is 17.4 Å². The molecule has 0 unspecified atom stereocenters. The number of benzene rings is 2. The minimum atomic E-state index is -0.226. The van der Waals surface area contributed by atoms with Gasteiger partial charge in [-0.3, -0.25) is 9.59 Å². The summed E-state index contributed by atoms with van der Waals surface area (Å²) < 4.78 is 11.0. The van der Waals surface area contributed by atoms with Gasteiger partial charge in [0.1, 0.15) is 19.8 Å². The highest BCUT2D eigenvalue weighted by atomic mass is 16.6. The molecule has 0 saturated heterocycles. The Morgan fingerprint density at radius 2 is 1.73 bits per heavy atom. The van der Waals surface area contributed by atoms with Gasteiger partial charge in [0.2, 0.25) is 11.8 Å². The van der Waals surface area contributed by atoms with Crippen LogP contribution in [0.3, 0.4) is 0 Å². The molecule has 0 aliphatic carbocycles. The van der Waals surface area contributed by atoms with E-state index in [1.54, 1.807) is 18.2 Å². The number of rotatable bonds is 5. The van der Waals surface area contributed by atoms with Gasteiger partial charge in [-0.25, -0.2) is 0 Å². The quantitative estimate of drug-likeness (QED) is 0.895. The average Bonchev–Trinajstić information content (AvgIpc) is 2.65. The highest BCUT2D eigenvalue weighted by Gasteiger charge is 2.19. The van der Waals surface area contributed by atoms with Gasteiger partial charge in [-0.1, -0.05) is 29.8 Å². The highest BCUT2D eigenvalue weighted by molar-refractivity contribution is 5.97. The summed E-state index contributed by atoms with van der Waals surface area (Å²) in [5.41, 5.74) is 2.78. The number of hydrogen-bond acceptors (Lipinski definition) is 4. The van der Waals surface area contributed by atoms with E-state index in [0.717, 1.165) is 5.56 Å². The summed E-state index contributed by atoms with van der Waals surface area (Å²) in [5, 5.41) is 2.85. The number of nitrogens with zero attached hydrogens (tertiary/aromatic N) is 1. The number of fused-ring (bicyclic) bond motifs is 1. The van der Waals surface area contributed by atoms with Gasteiger partial charge < -0.3 is 19.7 Å². The van der Waals surface area contributed by atoms with E-state index in [0.29, 0.717) is 36.9 Å². The molecule has 26 heavy (non-hydrogen) atoms. The molecule has 0 bridgehead atoms. The molecule has 0 aromatic heterocycles. The minimum Gasteiger partial charge on any atom is -0.486 e. The first-order valence-electron chi connectivity index (χ1n) is 8.53. The highest BCUT2D eigenvalue weighted by Crippen LogP contribution is 2.34. The van der Waals surface area contributed by atoms with Crippen LogP contribution in [0.2, 0.25) is 0 Å². The third kappa shape index (κ3) is 4.33. The van der Waals surface area contributed by atoms with Crippen LogP contribution in [0.15, 0.2) is 42.5 Å².